The van der Waals surface area contributed by atoms with Crippen molar-refractivity contribution in [2.45, 2.75) is 6.54 Å². The van der Waals surface area contributed by atoms with Crippen molar-refractivity contribution >= 4 is 16.9 Å². The molecule has 1 fully saturated rings. The second-order valence-corrected chi connectivity index (χ2v) is 6.82. The number of benzene rings is 2. The fraction of sp³-hybridized carbons (Fsp3) is 0.300. The fourth-order valence-electron chi connectivity index (χ4n) is 3.51. The number of hydrogen-bond donors (Lipinski definition) is 0. The van der Waals surface area contributed by atoms with Crippen LogP contribution in [0.2, 0.25) is 0 Å². The van der Waals surface area contributed by atoms with Crippen molar-refractivity contribution in [3.05, 3.63) is 64.2 Å². The second kappa shape index (κ2) is 6.90. The average molecular weight is 351 g/mol. The normalized spacial score (nSPS) is 16.2. The first kappa shape index (κ1) is 16.8. The molecule has 0 unspecified atom stereocenters. The number of rotatable bonds is 4. The van der Waals surface area contributed by atoms with Crippen LogP contribution in [-0.4, -0.2) is 47.9 Å². The molecule has 0 atom stereocenters. The molecule has 1 saturated heterocycles. The van der Waals surface area contributed by atoms with Crippen LogP contribution in [0.1, 0.15) is 5.56 Å². The maximum absolute atomic E-state index is 11.5. The summed E-state index contributed by atoms with van der Waals surface area (Å²) in [5.74, 6) is -0.192. The molecule has 1 aromatic heterocycles. The largest absolute Gasteiger partial charge is 0.442 e. The molecular formula is C20H21N3O3. The summed E-state index contributed by atoms with van der Waals surface area (Å²) in [4.78, 5) is 15.8. The molecule has 1 aliphatic rings. The van der Waals surface area contributed by atoms with E-state index in [0.29, 0.717) is 11.1 Å². The predicted molar refractivity (Wildman–Crippen MR) is 101 cm³/mol. The van der Waals surface area contributed by atoms with Gasteiger partial charge in [0.25, 0.3) is 0 Å². The lowest BCUT2D eigenvalue weighted by Crippen LogP contribution is -2.43. The van der Waals surface area contributed by atoms with Gasteiger partial charge in [-0.25, -0.2) is 0 Å². The van der Waals surface area contributed by atoms with Crippen molar-refractivity contribution < 1.29 is 9.34 Å². The van der Waals surface area contributed by atoms with Crippen LogP contribution >= 0.6 is 0 Å². The van der Waals surface area contributed by atoms with Gasteiger partial charge in [-0.15, -0.1) is 0 Å². The van der Waals surface area contributed by atoms with E-state index in [1.54, 1.807) is 0 Å². The first-order chi connectivity index (χ1) is 12.6. The Balaban J connectivity index is 1.73. The van der Waals surface area contributed by atoms with Crippen molar-refractivity contribution in [3.8, 4) is 11.1 Å². The molecule has 6 nitrogen and oxygen atoms in total. The fourth-order valence-corrected chi connectivity index (χ4v) is 3.51. The van der Waals surface area contributed by atoms with Crippen LogP contribution in [0.15, 0.2) is 52.9 Å². The van der Waals surface area contributed by atoms with Crippen LogP contribution in [0.3, 0.4) is 0 Å². The lowest BCUT2D eigenvalue weighted by Gasteiger charge is -2.32. The molecule has 2 heterocycles. The highest BCUT2D eigenvalue weighted by atomic mass is 16.6. The molecule has 0 radical (unpaired) electrons. The average Bonchev–Trinajstić information content (AvgIpc) is 3.03. The van der Waals surface area contributed by atoms with Crippen LogP contribution in [0.25, 0.3) is 22.1 Å². The highest BCUT2D eigenvalue weighted by Crippen LogP contribution is 2.40. The Morgan fingerprint density at radius 2 is 1.81 bits per heavy atom. The van der Waals surface area contributed by atoms with E-state index in [9.17, 15) is 10.1 Å². The molecule has 0 N–H and O–H groups in total. The zero-order chi connectivity index (χ0) is 18.1. The summed E-state index contributed by atoms with van der Waals surface area (Å²) in [6, 6.07) is 15.3. The molecule has 1 aliphatic heterocycles. The van der Waals surface area contributed by atoms with Crippen LogP contribution in [0.5, 0.6) is 0 Å². The molecule has 4 rings (SSSR count). The Labute approximate surface area is 151 Å². The number of nitro groups is 1. The molecule has 6 heteroatoms. The van der Waals surface area contributed by atoms with Crippen molar-refractivity contribution in [3.63, 3.8) is 0 Å². The third kappa shape index (κ3) is 3.21. The highest BCUT2D eigenvalue weighted by Gasteiger charge is 2.25. The van der Waals surface area contributed by atoms with Gasteiger partial charge in [0, 0.05) is 38.1 Å². The van der Waals surface area contributed by atoms with Gasteiger partial charge in [0.1, 0.15) is 16.1 Å². The minimum absolute atomic E-state index is 0.192. The van der Waals surface area contributed by atoms with Crippen LogP contribution in [-0.2, 0) is 6.54 Å². The SMILES string of the molecule is CN1CCN(Cc2ccc3oc([N+](=O)[O-])c(-c4ccccc4)c3c2)CC1. The van der Waals surface area contributed by atoms with Crippen LogP contribution in [0.4, 0.5) is 5.88 Å². The molecule has 3 aromatic rings. The quantitative estimate of drug-likeness (QED) is 0.529. The van der Waals surface area contributed by atoms with Crippen molar-refractivity contribution in [2.75, 3.05) is 33.2 Å². The third-order valence-corrected chi connectivity index (χ3v) is 4.96. The zero-order valence-electron chi connectivity index (χ0n) is 14.7. The van der Waals surface area contributed by atoms with Gasteiger partial charge in [-0.1, -0.05) is 36.4 Å². The van der Waals surface area contributed by atoms with Gasteiger partial charge in [-0.3, -0.25) is 15.0 Å². The number of hydrogen-bond acceptors (Lipinski definition) is 5. The smallest absolute Gasteiger partial charge is 0.400 e. The monoisotopic (exact) mass is 351 g/mol. The minimum Gasteiger partial charge on any atom is -0.400 e. The van der Waals surface area contributed by atoms with Crippen LogP contribution < -0.4 is 0 Å². The lowest BCUT2D eigenvalue weighted by atomic mass is 10.0. The van der Waals surface area contributed by atoms with E-state index in [4.69, 9.17) is 4.42 Å². The topological polar surface area (TPSA) is 62.8 Å². The summed E-state index contributed by atoms with van der Waals surface area (Å²) in [5, 5.41) is 12.3. The molecule has 26 heavy (non-hydrogen) atoms. The first-order valence-electron chi connectivity index (χ1n) is 8.78. The van der Waals surface area contributed by atoms with Crippen molar-refractivity contribution in [2.24, 2.45) is 0 Å². The Morgan fingerprint density at radius 1 is 1.08 bits per heavy atom. The molecule has 2 aromatic carbocycles. The summed E-state index contributed by atoms with van der Waals surface area (Å²) in [6.07, 6.45) is 0. The Kier molecular flexibility index (Phi) is 4.44. The summed E-state index contributed by atoms with van der Waals surface area (Å²) in [6.45, 7) is 5.04. The number of piperazine rings is 1. The van der Waals surface area contributed by atoms with E-state index in [2.05, 4.69) is 16.8 Å². The van der Waals surface area contributed by atoms with E-state index in [0.717, 1.165) is 49.2 Å². The Hall–Kier alpha value is -2.70. The van der Waals surface area contributed by atoms with E-state index in [1.165, 1.54) is 0 Å². The number of furan rings is 1. The van der Waals surface area contributed by atoms with Gasteiger partial charge in [0.15, 0.2) is 0 Å². The Morgan fingerprint density at radius 3 is 2.50 bits per heavy atom. The van der Waals surface area contributed by atoms with Gasteiger partial charge in [0.2, 0.25) is 0 Å². The van der Waals surface area contributed by atoms with E-state index in [1.807, 2.05) is 48.5 Å². The molecule has 0 bridgehead atoms. The Bertz CT molecular complexity index is 928. The third-order valence-electron chi connectivity index (χ3n) is 4.96. The number of likely N-dealkylation sites (N-methyl/N-ethyl adjacent to an activating group) is 1. The summed E-state index contributed by atoms with van der Waals surface area (Å²) < 4.78 is 5.55. The summed E-state index contributed by atoms with van der Waals surface area (Å²) in [5.41, 5.74) is 3.06. The van der Waals surface area contributed by atoms with Gasteiger partial charge < -0.3 is 9.32 Å². The molecule has 0 amide bonds. The molecular weight excluding hydrogens is 330 g/mol. The molecule has 0 aliphatic carbocycles. The number of nitrogens with zero attached hydrogens (tertiary/aromatic N) is 3. The zero-order valence-corrected chi connectivity index (χ0v) is 14.7. The van der Waals surface area contributed by atoms with Crippen LogP contribution in [0, 0.1) is 10.1 Å². The van der Waals surface area contributed by atoms with Crippen molar-refractivity contribution in [1.82, 2.24) is 9.80 Å². The van der Waals surface area contributed by atoms with Gasteiger partial charge in [-0.2, -0.15) is 0 Å². The summed E-state index contributed by atoms with van der Waals surface area (Å²) >= 11 is 0. The highest BCUT2D eigenvalue weighted by molar-refractivity contribution is 5.98. The number of fused-ring (bicyclic) bond motifs is 1. The lowest BCUT2D eigenvalue weighted by molar-refractivity contribution is -0.400. The van der Waals surface area contributed by atoms with E-state index < -0.39 is 4.92 Å². The second-order valence-electron chi connectivity index (χ2n) is 6.82. The molecule has 134 valence electrons. The predicted octanol–water partition coefficient (Wildman–Crippen LogP) is 3.76. The molecule has 0 saturated carbocycles. The standard InChI is InChI=1S/C20H21N3O3/c1-21-9-11-22(12-10-21)14-15-7-8-18-17(13-15)19(20(26-18)23(24)25)16-5-3-2-4-6-16/h2-8,13H,9-12,14H2,1H3. The van der Waals surface area contributed by atoms with E-state index in [-0.39, 0.29) is 5.88 Å². The molecule has 0 spiro atoms. The van der Waals surface area contributed by atoms with E-state index >= 15 is 0 Å². The first-order valence-corrected chi connectivity index (χ1v) is 8.78. The van der Waals surface area contributed by atoms with Gasteiger partial charge in [-0.05, 0) is 30.3 Å². The maximum atomic E-state index is 11.5. The van der Waals surface area contributed by atoms with Gasteiger partial charge in [0.05, 0.1) is 0 Å². The minimum atomic E-state index is -0.442. The van der Waals surface area contributed by atoms with Crippen molar-refractivity contribution in [1.29, 1.82) is 0 Å². The maximum Gasteiger partial charge on any atom is 0.442 e. The summed E-state index contributed by atoms with van der Waals surface area (Å²) in [7, 11) is 2.14. The van der Waals surface area contributed by atoms with Gasteiger partial charge >= 0.3 is 5.88 Å².